The second kappa shape index (κ2) is 9.21. The van der Waals surface area contributed by atoms with E-state index in [0.717, 1.165) is 6.07 Å². The summed E-state index contributed by atoms with van der Waals surface area (Å²) >= 11 is 9.08. The second-order valence-electron chi connectivity index (χ2n) is 5.28. The Morgan fingerprint density at radius 1 is 1.32 bits per heavy atom. The number of carbonyl (C=O) groups excluding carboxylic acids is 1. The summed E-state index contributed by atoms with van der Waals surface area (Å²) in [5.74, 6) is 0.0485. The fourth-order valence-corrected chi connectivity index (χ4v) is 3.08. The largest absolute Gasteiger partial charge is 0.493 e. The van der Waals surface area contributed by atoms with Gasteiger partial charge in [0, 0.05) is 11.1 Å². The van der Waals surface area contributed by atoms with Crippen LogP contribution in [0.25, 0.3) is 6.08 Å². The van der Waals surface area contributed by atoms with Crippen molar-refractivity contribution in [3.05, 3.63) is 61.1 Å². The van der Waals surface area contributed by atoms with Crippen LogP contribution < -0.4 is 14.8 Å². The van der Waals surface area contributed by atoms with Crippen LogP contribution in [0.5, 0.6) is 11.5 Å². The predicted octanol–water partition coefficient (Wildman–Crippen LogP) is 4.57. The topological polar surface area (TPSA) is 114 Å². The zero-order valence-corrected chi connectivity index (χ0v) is 17.0. The molecule has 0 aromatic heterocycles. The molecule has 0 aliphatic heterocycles. The van der Waals surface area contributed by atoms with Crippen molar-refractivity contribution in [1.29, 1.82) is 5.26 Å². The van der Waals surface area contributed by atoms with Crippen LogP contribution in [0.15, 0.2) is 40.4 Å². The third-order valence-corrected chi connectivity index (χ3v) is 4.36. The van der Waals surface area contributed by atoms with E-state index >= 15 is 0 Å². The Kier molecular flexibility index (Phi) is 6.98. The number of nitro benzene ring substituents is 1. The second-order valence-corrected chi connectivity index (χ2v) is 6.57. The third kappa shape index (κ3) is 4.79. The van der Waals surface area contributed by atoms with E-state index in [0.29, 0.717) is 21.5 Å². The van der Waals surface area contributed by atoms with Gasteiger partial charge in [-0.1, -0.05) is 11.6 Å². The van der Waals surface area contributed by atoms with Crippen LogP contribution in [0.1, 0.15) is 5.56 Å². The number of nitrogens with one attached hydrogen (secondary N) is 1. The van der Waals surface area contributed by atoms with E-state index in [4.69, 9.17) is 21.1 Å². The molecule has 2 rings (SSSR count). The number of nitriles is 1. The Morgan fingerprint density at radius 2 is 2.04 bits per heavy atom. The molecular formula is C18H13BrClN3O5. The van der Waals surface area contributed by atoms with Crippen LogP contribution in [0.2, 0.25) is 5.02 Å². The normalized spacial score (nSPS) is 10.8. The quantitative estimate of drug-likeness (QED) is 0.288. The molecule has 0 atom stereocenters. The minimum Gasteiger partial charge on any atom is -0.493 e. The van der Waals surface area contributed by atoms with Crippen molar-refractivity contribution in [3.8, 4) is 17.6 Å². The molecule has 0 aliphatic rings. The Balaban J connectivity index is 2.39. The van der Waals surface area contributed by atoms with E-state index < -0.39 is 10.8 Å². The molecule has 10 heteroatoms. The summed E-state index contributed by atoms with van der Waals surface area (Å²) in [5, 5.41) is 23.0. The van der Waals surface area contributed by atoms with Gasteiger partial charge in [-0.15, -0.1) is 0 Å². The van der Waals surface area contributed by atoms with Gasteiger partial charge in [-0.05, 0) is 51.8 Å². The molecular weight excluding hydrogens is 454 g/mol. The molecule has 0 aliphatic carbocycles. The molecule has 144 valence electrons. The zero-order chi connectivity index (χ0) is 20.8. The van der Waals surface area contributed by atoms with Gasteiger partial charge >= 0.3 is 0 Å². The number of halogens is 2. The van der Waals surface area contributed by atoms with E-state index in [2.05, 4.69) is 21.2 Å². The summed E-state index contributed by atoms with van der Waals surface area (Å²) in [5.41, 5.74) is -0.230. The highest BCUT2D eigenvalue weighted by Crippen LogP contribution is 2.37. The number of hydrogen-bond acceptors (Lipinski definition) is 6. The average Bonchev–Trinajstić information content (AvgIpc) is 2.66. The van der Waals surface area contributed by atoms with Gasteiger partial charge in [-0.25, -0.2) is 0 Å². The first-order valence-corrected chi connectivity index (χ1v) is 8.76. The first kappa shape index (κ1) is 21.2. The van der Waals surface area contributed by atoms with Gasteiger partial charge in [0.1, 0.15) is 17.3 Å². The van der Waals surface area contributed by atoms with Gasteiger partial charge in [-0.3, -0.25) is 14.9 Å². The minimum absolute atomic E-state index is 0.0750. The van der Waals surface area contributed by atoms with Crippen molar-refractivity contribution in [2.24, 2.45) is 0 Å². The fourth-order valence-electron chi connectivity index (χ4n) is 2.29. The molecule has 1 N–H and O–H groups in total. The van der Waals surface area contributed by atoms with Crippen molar-refractivity contribution < 1.29 is 19.2 Å². The molecule has 0 unspecified atom stereocenters. The lowest BCUT2D eigenvalue weighted by Crippen LogP contribution is -2.14. The van der Waals surface area contributed by atoms with Gasteiger partial charge in [0.05, 0.1) is 23.6 Å². The first-order valence-electron chi connectivity index (χ1n) is 7.59. The van der Waals surface area contributed by atoms with Crippen molar-refractivity contribution >= 4 is 50.9 Å². The minimum atomic E-state index is -0.807. The maximum absolute atomic E-state index is 12.4. The van der Waals surface area contributed by atoms with Crippen LogP contribution >= 0.6 is 27.5 Å². The molecule has 0 bridgehead atoms. The van der Waals surface area contributed by atoms with E-state index in [1.165, 1.54) is 32.4 Å². The molecule has 0 fully saturated rings. The van der Waals surface area contributed by atoms with E-state index in [1.54, 1.807) is 18.2 Å². The number of methoxy groups -OCH3 is 2. The zero-order valence-electron chi connectivity index (χ0n) is 14.7. The van der Waals surface area contributed by atoms with Crippen LogP contribution in [-0.2, 0) is 4.79 Å². The molecule has 2 aromatic rings. The van der Waals surface area contributed by atoms with Crippen LogP contribution in [0.4, 0.5) is 11.4 Å². The van der Waals surface area contributed by atoms with Crippen molar-refractivity contribution in [3.63, 3.8) is 0 Å². The highest BCUT2D eigenvalue weighted by atomic mass is 79.9. The molecule has 0 heterocycles. The number of anilines is 1. The lowest BCUT2D eigenvalue weighted by atomic mass is 10.1. The summed E-state index contributed by atoms with van der Waals surface area (Å²) in [6.07, 6.45) is 1.32. The molecule has 1 amide bonds. The summed E-state index contributed by atoms with van der Waals surface area (Å²) in [6.45, 7) is 0. The number of amides is 1. The number of benzene rings is 2. The van der Waals surface area contributed by atoms with Crippen LogP contribution in [0.3, 0.4) is 0 Å². The molecule has 0 spiro atoms. The summed E-state index contributed by atoms with van der Waals surface area (Å²) in [7, 11) is 2.93. The Bertz CT molecular complexity index is 1020. The number of carbonyl (C=O) groups is 1. The SMILES string of the molecule is COc1cc(C=C(C#N)C(=O)Nc2ccc(Cl)cc2[N+](=O)[O-])cc(Br)c1OC. The van der Waals surface area contributed by atoms with Crippen molar-refractivity contribution in [1.82, 2.24) is 0 Å². The number of hydrogen-bond donors (Lipinski definition) is 1. The van der Waals surface area contributed by atoms with Gasteiger partial charge in [-0.2, -0.15) is 5.26 Å². The maximum Gasteiger partial charge on any atom is 0.294 e. The van der Waals surface area contributed by atoms with E-state index in [1.807, 2.05) is 0 Å². The first-order chi connectivity index (χ1) is 13.3. The van der Waals surface area contributed by atoms with Gasteiger partial charge in [0.25, 0.3) is 11.6 Å². The molecule has 8 nitrogen and oxygen atoms in total. The van der Waals surface area contributed by atoms with Crippen LogP contribution in [0, 0.1) is 21.4 Å². The van der Waals surface area contributed by atoms with Gasteiger partial charge in [0.2, 0.25) is 0 Å². The smallest absolute Gasteiger partial charge is 0.294 e. The molecule has 0 radical (unpaired) electrons. The fraction of sp³-hybridized carbons (Fsp3) is 0.111. The Hall–Kier alpha value is -3.09. The van der Waals surface area contributed by atoms with Gasteiger partial charge in [0.15, 0.2) is 11.5 Å². The predicted molar refractivity (Wildman–Crippen MR) is 108 cm³/mol. The summed E-state index contributed by atoms with van der Waals surface area (Å²) in [4.78, 5) is 22.9. The van der Waals surface area contributed by atoms with Crippen molar-refractivity contribution in [2.45, 2.75) is 0 Å². The lowest BCUT2D eigenvalue weighted by molar-refractivity contribution is -0.383. The number of rotatable bonds is 6. The lowest BCUT2D eigenvalue weighted by Gasteiger charge is -2.11. The monoisotopic (exact) mass is 465 g/mol. The number of ether oxygens (including phenoxy) is 2. The highest BCUT2D eigenvalue weighted by Gasteiger charge is 2.19. The van der Waals surface area contributed by atoms with Crippen LogP contribution in [-0.4, -0.2) is 25.1 Å². The maximum atomic E-state index is 12.4. The number of nitrogens with zero attached hydrogens (tertiary/aromatic N) is 2. The van der Waals surface area contributed by atoms with E-state index in [9.17, 15) is 20.2 Å². The van der Waals surface area contributed by atoms with Gasteiger partial charge < -0.3 is 14.8 Å². The summed E-state index contributed by atoms with van der Waals surface area (Å²) in [6, 6.07) is 8.80. The highest BCUT2D eigenvalue weighted by molar-refractivity contribution is 9.10. The standard InChI is InChI=1S/C18H13BrClN3O5/c1-27-16-7-10(6-13(19)17(16)28-2)5-11(9-21)18(24)22-14-4-3-12(20)8-15(14)23(25)26/h3-8H,1-2H3,(H,22,24). The third-order valence-electron chi connectivity index (χ3n) is 3.54. The Labute approximate surface area is 173 Å². The Morgan fingerprint density at radius 3 is 2.61 bits per heavy atom. The molecule has 0 saturated carbocycles. The summed E-state index contributed by atoms with van der Waals surface area (Å²) < 4.78 is 11.0. The van der Waals surface area contributed by atoms with Crippen molar-refractivity contribution in [2.75, 3.05) is 19.5 Å². The molecule has 0 saturated heterocycles. The van der Waals surface area contributed by atoms with E-state index in [-0.39, 0.29) is 22.0 Å². The molecule has 28 heavy (non-hydrogen) atoms. The average molecular weight is 467 g/mol. The molecule has 2 aromatic carbocycles. The number of nitro groups is 1.